The number of aryl methyl sites for hydroxylation is 2. The molecule has 0 atom stereocenters. The van der Waals surface area contributed by atoms with E-state index in [4.69, 9.17) is 9.72 Å². The lowest BCUT2D eigenvalue weighted by atomic mass is 10.2. The molecule has 0 saturated carbocycles. The van der Waals surface area contributed by atoms with E-state index in [0.29, 0.717) is 31.5 Å². The minimum atomic E-state index is -0.0346. The monoisotopic (exact) mass is 403 g/mol. The second kappa shape index (κ2) is 8.08. The maximum Gasteiger partial charge on any atom is 0.272 e. The Labute approximate surface area is 166 Å². The Morgan fingerprint density at radius 2 is 2.00 bits per heavy atom. The lowest BCUT2D eigenvalue weighted by Crippen LogP contribution is -2.41. The van der Waals surface area contributed by atoms with Crippen LogP contribution in [0.25, 0.3) is 5.69 Å². The van der Waals surface area contributed by atoms with E-state index in [9.17, 15) is 9.59 Å². The number of hydrogen-bond acceptors (Lipinski definition) is 6. The molecule has 1 aromatic heterocycles. The van der Waals surface area contributed by atoms with Crippen LogP contribution >= 0.6 is 23.5 Å². The van der Waals surface area contributed by atoms with Gasteiger partial charge in [-0.05, 0) is 19.1 Å². The summed E-state index contributed by atoms with van der Waals surface area (Å²) in [4.78, 5) is 32.9. The highest BCUT2D eigenvalue weighted by Crippen LogP contribution is 2.30. The fourth-order valence-corrected chi connectivity index (χ4v) is 5.10. The number of hydrogen-bond donors (Lipinski definition) is 0. The summed E-state index contributed by atoms with van der Waals surface area (Å²) in [6, 6.07) is 7.82. The molecule has 1 amide bonds. The number of ether oxygens (including phenoxy) is 1. The Balaban J connectivity index is 1.64. The van der Waals surface area contributed by atoms with Crippen LogP contribution in [0.1, 0.15) is 11.3 Å². The van der Waals surface area contributed by atoms with E-state index >= 15 is 0 Å². The molecule has 2 aromatic rings. The van der Waals surface area contributed by atoms with Crippen molar-refractivity contribution in [3.05, 3.63) is 45.9 Å². The number of amides is 1. The van der Waals surface area contributed by atoms with E-state index in [1.165, 1.54) is 11.8 Å². The molecule has 8 heteroatoms. The standard InChI is InChI=1S/C19H21N3O3S2/c1-13-2-4-14(5-3-13)22-18(24)17-15(6-11-26-17)20-19(22)27-12-16(23)21-7-9-25-10-8-21/h2-5H,6-12H2,1H3. The molecule has 2 aliphatic rings. The molecular weight excluding hydrogens is 382 g/mol. The van der Waals surface area contributed by atoms with Crippen molar-refractivity contribution in [2.75, 3.05) is 37.8 Å². The number of carbonyl (C=O) groups excluding carboxylic acids is 1. The SMILES string of the molecule is Cc1ccc(-n2c(SCC(=O)N3CCOCC3)nc3c(c2=O)SCC3)cc1. The first-order valence-electron chi connectivity index (χ1n) is 8.97. The van der Waals surface area contributed by atoms with Gasteiger partial charge in [0.05, 0.1) is 35.2 Å². The van der Waals surface area contributed by atoms with Crippen LogP contribution in [0.4, 0.5) is 0 Å². The van der Waals surface area contributed by atoms with Crippen molar-refractivity contribution in [2.45, 2.75) is 23.4 Å². The van der Waals surface area contributed by atoms with Crippen molar-refractivity contribution >= 4 is 29.4 Å². The van der Waals surface area contributed by atoms with Crippen LogP contribution in [-0.4, -0.2) is 58.2 Å². The summed E-state index contributed by atoms with van der Waals surface area (Å²) < 4.78 is 6.95. The van der Waals surface area contributed by atoms with Gasteiger partial charge in [0.25, 0.3) is 5.56 Å². The van der Waals surface area contributed by atoms with E-state index in [0.717, 1.165) is 34.0 Å². The summed E-state index contributed by atoms with van der Waals surface area (Å²) in [5, 5.41) is 0.590. The third kappa shape index (κ3) is 3.93. The molecule has 0 bridgehead atoms. The molecule has 3 heterocycles. The molecular formula is C19H21N3O3S2. The number of thioether (sulfide) groups is 2. The average Bonchev–Trinajstić information content (AvgIpc) is 3.17. The van der Waals surface area contributed by atoms with Gasteiger partial charge in [0.15, 0.2) is 5.16 Å². The van der Waals surface area contributed by atoms with Crippen LogP contribution < -0.4 is 5.56 Å². The first-order valence-corrected chi connectivity index (χ1v) is 10.9. The van der Waals surface area contributed by atoms with Gasteiger partial charge in [-0.2, -0.15) is 0 Å². The summed E-state index contributed by atoms with van der Waals surface area (Å²) in [6.07, 6.45) is 0.801. The van der Waals surface area contributed by atoms with Gasteiger partial charge in [-0.3, -0.25) is 14.2 Å². The minimum absolute atomic E-state index is 0.0346. The molecule has 0 radical (unpaired) electrons. The van der Waals surface area contributed by atoms with Crippen LogP contribution in [0.15, 0.2) is 39.1 Å². The molecule has 1 aromatic carbocycles. The van der Waals surface area contributed by atoms with Crippen molar-refractivity contribution in [3.63, 3.8) is 0 Å². The third-order valence-electron chi connectivity index (χ3n) is 4.65. The number of fused-ring (bicyclic) bond motifs is 1. The topological polar surface area (TPSA) is 64.4 Å². The molecule has 0 spiro atoms. The van der Waals surface area contributed by atoms with Crippen LogP contribution in [0.3, 0.4) is 0 Å². The highest BCUT2D eigenvalue weighted by Gasteiger charge is 2.24. The third-order valence-corrected chi connectivity index (χ3v) is 6.68. The predicted octanol–water partition coefficient (Wildman–Crippen LogP) is 2.14. The summed E-state index contributed by atoms with van der Waals surface area (Å²) in [5.41, 5.74) is 2.74. The van der Waals surface area contributed by atoms with Crippen LogP contribution in [-0.2, 0) is 16.0 Å². The Morgan fingerprint density at radius 1 is 1.26 bits per heavy atom. The van der Waals surface area contributed by atoms with Gasteiger partial charge in [-0.25, -0.2) is 4.98 Å². The van der Waals surface area contributed by atoms with Gasteiger partial charge >= 0.3 is 0 Å². The largest absolute Gasteiger partial charge is 0.378 e. The molecule has 0 aliphatic carbocycles. The molecule has 142 valence electrons. The summed E-state index contributed by atoms with van der Waals surface area (Å²) in [5.74, 6) is 1.21. The van der Waals surface area contributed by atoms with Crippen LogP contribution in [0, 0.1) is 6.92 Å². The number of benzene rings is 1. The second-order valence-corrected chi connectivity index (χ2v) is 8.57. The zero-order valence-corrected chi connectivity index (χ0v) is 16.8. The molecule has 1 fully saturated rings. The highest BCUT2D eigenvalue weighted by molar-refractivity contribution is 8.00. The van der Waals surface area contributed by atoms with E-state index in [1.807, 2.05) is 36.1 Å². The molecule has 4 rings (SSSR count). The van der Waals surface area contributed by atoms with Gasteiger partial charge < -0.3 is 9.64 Å². The maximum atomic E-state index is 13.1. The molecule has 0 N–H and O–H groups in total. The first-order chi connectivity index (χ1) is 13.1. The minimum Gasteiger partial charge on any atom is -0.378 e. The molecule has 6 nitrogen and oxygen atoms in total. The van der Waals surface area contributed by atoms with E-state index in [2.05, 4.69) is 0 Å². The number of carbonyl (C=O) groups is 1. The van der Waals surface area contributed by atoms with Crippen molar-refractivity contribution in [2.24, 2.45) is 0 Å². The van der Waals surface area contributed by atoms with Gasteiger partial charge in [0, 0.05) is 25.3 Å². The van der Waals surface area contributed by atoms with Crippen molar-refractivity contribution < 1.29 is 9.53 Å². The van der Waals surface area contributed by atoms with Gasteiger partial charge in [-0.15, -0.1) is 11.8 Å². The Morgan fingerprint density at radius 3 is 2.74 bits per heavy atom. The quantitative estimate of drug-likeness (QED) is 0.576. The van der Waals surface area contributed by atoms with E-state index in [-0.39, 0.29) is 17.2 Å². The van der Waals surface area contributed by atoms with Gasteiger partial charge in [0.1, 0.15) is 0 Å². The molecule has 0 unspecified atom stereocenters. The predicted molar refractivity (Wildman–Crippen MR) is 107 cm³/mol. The average molecular weight is 404 g/mol. The van der Waals surface area contributed by atoms with Crippen LogP contribution in [0.2, 0.25) is 0 Å². The van der Waals surface area contributed by atoms with Crippen molar-refractivity contribution in [1.82, 2.24) is 14.5 Å². The zero-order valence-electron chi connectivity index (χ0n) is 15.1. The zero-order chi connectivity index (χ0) is 18.8. The van der Waals surface area contributed by atoms with Crippen LogP contribution in [0.5, 0.6) is 0 Å². The second-order valence-electron chi connectivity index (χ2n) is 6.53. The maximum absolute atomic E-state index is 13.1. The number of nitrogens with zero attached hydrogens (tertiary/aromatic N) is 3. The Hall–Kier alpha value is -1.77. The van der Waals surface area contributed by atoms with Crippen molar-refractivity contribution in [3.8, 4) is 5.69 Å². The lowest BCUT2D eigenvalue weighted by Gasteiger charge is -2.26. The number of morpholine rings is 1. The summed E-state index contributed by atoms with van der Waals surface area (Å²) in [7, 11) is 0. The van der Waals surface area contributed by atoms with Crippen molar-refractivity contribution in [1.29, 1.82) is 0 Å². The smallest absolute Gasteiger partial charge is 0.272 e. The highest BCUT2D eigenvalue weighted by atomic mass is 32.2. The number of aromatic nitrogens is 2. The Kier molecular flexibility index (Phi) is 5.56. The summed E-state index contributed by atoms with van der Waals surface area (Å²) >= 11 is 2.91. The Bertz CT molecular complexity index is 906. The molecule has 2 aliphatic heterocycles. The fraction of sp³-hybridized carbons (Fsp3) is 0.421. The lowest BCUT2D eigenvalue weighted by molar-refractivity contribution is -0.132. The first kappa shape index (κ1) is 18.6. The molecule has 27 heavy (non-hydrogen) atoms. The normalized spacial score (nSPS) is 16.4. The molecule has 1 saturated heterocycles. The fourth-order valence-electron chi connectivity index (χ4n) is 3.14. The van der Waals surface area contributed by atoms with E-state index < -0.39 is 0 Å². The summed E-state index contributed by atoms with van der Waals surface area (Å²) in [6.45, 7) is 4.43. The number of rotatable bonds is 4. The van der Waals surface area contributed by atoms with E-state index in [1.54, 1.807) is 16.3 Å². The van der Waals surface area contributed by atoms with Gasteiger partial charge in [-0.1, -0.05) is 29.5 Å². The van der Waals surface area contributed by atoms with Gasteiger partial charge in [0.2, 0.25) is 5.91 Å².